The third-order valence-corrected chi connectivity index (χ3v) is 5.74. The van der Waals surface area contributed by atoms with Gasteiger partial charge in [0.25, 0.3) is 0 Å². The number of aromatic amines is 1. The standard InChI is InChI=1S/C19H25N3O/c23-18(15-7-8-17-16(11-15)13-21-22-17)19(9-4-10-20-19)12-14-5-2-1-3-6-14/h7-8,11,13-14,20H,1-6,9-10,12H2,(H,21,22). The monoisotopic (exact) mass is 311 g/mol. The number of rotatable bonds is 4. The van der Waals surface area contributed by atoms with Crippen molar-refractivity contribution >= 4 is 16.7 Å². The Morgan fingerprint density at radius 2 is 2.09 bits per heavy atom. The maximum atomic E-state index is 13.3. The molecule has 4 rings (SSSR count). The van der Waals surface area contributed by atoms with E-state index in [4.69, 9.17) is 0 Å². The van der Waals surface area contributed by atoms with Crippen LogP contribution in [0.15, 0.2) is 24.4 Å². The summed E-state index contributed by atoms with van der Waals surface area (Å²) in [7, 11) is 0. The average molecular weight is 311 g/mol. The van der Waals surface area contributed by atoms with Crippen LogP contribution < -0.4 is 5.32 Å². The summed E-state index contributed by atoms with van der Waals surface area (Å²) in [5, 5.41) is 11.6. The molecular weight excluding hydrogens is 286 g/mol. The average Bonchev–Trinajstić information content (AvgIpc) is 3.24. The van der Waals surface area contributed by atoms with Crippen LogP contribution in [0.2, 0.25) is 0 Å². The molecule has 1 aromatic heterocycles. The SMILES string of the molecule is O=C(c1ccc2[nH]ncc2c1)C1(CC2CCCCC2)CCCN1. The van der Waals surface area contributed by atoms with Gasteiger partial charge in [-0.2, -0.15) is 5.10 Å². The lowest BCUT2D eigenvalue weighted by atomic mass is 9.75. The minimum atomic E-state index is -0.334. The first-order valence-corrected chi connectivity index (χ1v) is 9.00. The number of aromatic nitrogens is 2. The molecule has 2 heterocycles. The predicted octanol–water partition coefficient (Wildman–Crippen LogP) is 3.84. The number of nitrogens with zero attached hydrogens (tertiary/aromatic N) is 1. The Labute approximate surface area is 137 Å². The zero-order chi connectivity index (χ0) is 15.7. The van der Waals surface area contributed by atoms with Crippen LogP contribution in [-0.2, 0) is 0 Å². The minimum absolute atomic E-state index is 0.281. The van der Waals surface area contributed by atoms with Crippen LogP contribution in [0.5, 0.6) is 0 Å². The van der Waals surface area contributed by atoms with Crippen molar-refractivity contribution < 1.29 is 4.79 Å². The normalized spacial score (nSPS) is 25.9. The van der Waals surface area contributed by atoms with E-state index >= 15 is 0 Å². The number of ketones is 1. The largest absolute Gasteiger partial charge is 0.305 e. The van der Waals surface area contributed by atoms with E-state index in [-0.39, 0.29) is 11.3 Å². The number of fused-ring (bicyclic) bond motifs is 1. The summed E-state index contributed by atoms with van der Waals surface area (Å²) in [6, 6.07) is 5.91. The van der Waals surface area contributed by atoms with Gasteiger partial charge in [0, 0.05) is 10.9 Å². The van der Waals surface area contributed by atoms with Crippen LogP contribution in [0.4, 0.5) is 0 Å². The Morgan fingerprint density at radius 3 is 2.87 bits per heavy atom. The molecule has 4 nitrogen and oxygen atoms in total. The lowest BCUT2D eigenvalue weighted by Gasteiger charge is -2.34. The van der Waals surface area contributed by atoms with Crippen LogP contribution in [0, 0.1) is 5.92 Å². The second-order valence-electron chi connectivity index (χ2n) is 7.32. The molecule has 1 aliphatic heterocycles. The Kier molecular flexibility index (Phi) is 3.93. The van der Waals surface area contributed by atoms with Gasteiger partial charge in [-0.05, 0) is 49.9 Å². The smallest absolute Gasteiger partial charge is 0.182 e. The lowest BCUT2D eigenvalue weighted by molar-refractivity contribution is 0.0827. The predicted molar refractivity (Wildman–Crippen MR) is 91.6 cm³/mol. The maximum Gasteiger partial charge on any atom is 0.182 e. The summed E-state index contributed by atoms with van der Waals surface area (Å²) >= 11 is 0. The highest BCUT2D eigenvalue weighted by atomic mass is 16.1. The molecule has 2 fully saturated rings. The number of carbonyl (C=O) groups excluding carboxylic acids is 1. The van der Waals surface area contributed by atoms with Gasteiger partial charge in [0.2, 0.25) is 0 Å². The Bertz CT molecular complexity index is 693. The fourth-order valence-corrected chi connectivity index (χ4v) is 4.51. The van der Waals surface area contributed by atoms with Crippen molar-refractivity contribution in [3.05, 3.63) is 30.0 Å². The quantitative estimate of drug-likeness (QED) is 0.844. The summed E-state index contributed by atoms with van der Waals surface area (Å²) in [4.78, 5) is 13.3. The zero-order valence-corrected chi connectivity index (χ0v) is 13.6. The molecule has 1 aliphatic carbocycles. The zero-order valence-electron chi connectivity index (χ0n) is 13.6. The molecule has 1 atom stereocenters. The number of hydrogen-bond acceptors (Lipinski definition) is 3. The highest BCUT2D eigenvalue weighted by Gasteiger charge is 2.42. The molecule has 122 valence electrons. The number of Topliss-reactive ketones (excluding diaryl/α,β-unsaturated/α-hetero) is 1. The van der Waals surface area contributed by atoms with Gasteiger partial charge in [0.1, 0.15) is 0 Å². The van der Waals surface area contributed by atoms with Crippen LogP contribution in [0.1, 0.15) is 61.7 Å². The second-order valence-corrected chi connectivity index (χ2v) is 7.32. The summed E-state index contributed by atoms with van der Waals surface area (Å²) in [6.07, 6.45) is 11.5. The van der Waals surface area contributed by atoms with Crippen molar-refractivity contribution in [2.24, 2.45) is 5.92 Å². The van der Waals surface area contributed by atoms with Crippen molar-refractivity contribution in [2.45, 2.75) is 56.9 Å². The minimum Gasteiger partial charge on any atom is -0.305 e. The molecule has 1 unspecified atom stereocenters. The molecule has 0 bridgehead atoms. The van der Waals surface area contributed by atoms with E-state index < -0.39 is 0 Å². The van der Waals surface area contributed by atoms with E-state index in [0.29, 0.717) is 5.92 Å². The van der Waals surface area contributed by atoms with E-state index in [1.165, 1.54) is 32.1 Å². The van der Waals surface area contributed by atoms with Crippen molar-refractivity contribution in [3.8, 4) is 0 Å². The van der Waals surface area contributed by atoms with E-state index in [0.717, 1.165) is 42.3 Å². The summed E-state index contributed by atoms with van der Waals surface area (Å²) in [6.45, 7) is 0.965. The summed E-state index contributed by atoms with van der Waals surface area (Å²) < 4.78 is 0. The third kappa shape index (κ3) is 2.80. The number of H-pyrrole nitrogens is 1. The molecule has 0 radical (unpaired) electrons. The van der Waals surface area contributed by atoms with Gasteiger partial charge in [-0.15, -0.1) is 0 Å². The van der Waals surface area contributed by atoms with E-state index in [9.17, 15) is 4.79 Å². The number of carbonyl (C=O) groups is 1. The van der Waals surface area contributed by atoms with Gasteiger partial charge in [0.05, 0.1) is 17.3 Å². The van der Waals surface area contributed by atoms with Crippen LogP contribution in [0.3, 0.4) is 0 Å². The van der Waals surface area contributed by atoms with Crippen molar-refractivity contribution in [3.63, 3.8) is 0 Å². The summed E-state index contributed by atoms with van der Waals surface area (Å²) in [5.41, 5.74) is 1.48. The highest BCUT2D eigenvalue weighted by molar-refractivity contribution is 6.05. The first-order chi connectivity index (χ1) is 11.3. The third-order valence-electron chi connectivity index (χ3n) is 5.74. The lowest BCUT2D eigenvalue weighted by Crippen LogP contribution is -2.49. The number of benzene rings is 1. The Balaban J connectivity index is 1.61. The second kappa shape index (κ2) is 6.08. The molecule has 2 aromatic rings. The van der Waals surface area contributed by atoms with Crippen molar-refractivity contribution in [1.82, 2.24) is 15.5 Å². The molecule has 1 saturated heterocycles. The molecule has 4 heteroatoms. The van der Waals surface area contributed by atoms with Crippen molar-refractivity contribution in [2.75, 3.05) is 6.54 Å². The Hall–Kier alpha value is -1.68. The van der Waals surface area contributed by atoms with Gasteiger partial charge < -0.3 is 5.32 Å². The molecule has 1 saturated carbocycles. The van der Waals surface area contributed by atoms with E-state index in [1.807, 2.05) is 18.2 Å². The molecule has 23 heavy (non-hydrogen) atoms. The van der Waals surface area contributed by atoms with Gasteiger partial charge >= 0.3 is 0 Å². The molecular formula is C19H25N3O. The first kappa shape index (κ1) is 14.9. The topological polar surface area (TPSA) is 57.8 Å². The van der Waals surface area contributed by atoms with Gasteiger partial charge in [-0.25, -0.2) is 0 Å². The number of hydrogen-bond donors (Lipinski definition) is 2. The first-order valence-electron chi connectivity index (χ1n) is 9.00. The van der Waals surface area contributed by atoms with E-state index in [1.54, 1.807) is 6.20 Å². The van der Waals surface area contributed by atoms with Crippen LogP contribution in [0.25, 0.3) is 10.9 Å². The fraction of sp³-hybridized carbons (Fsp3) is 0.579. The van der Waals surface area contributed by atoms with Gasteiger partial charge in [0.15, 0.2) is 5.78 Å². The summed E-state index contributed by atoms with van der Waals surface area (Å²) in [5.74, 6) is 0.986. The fourth-order valence-electron chi connectivity index (χ4n) is 4.51. The molecule has 2 aliphatic rings. The van der Waals surface area contributed by atoms with Crippen LogP contribution >= 0.6 is 0 Å². The number of nitrogens with one attached hydrogen (secondary N) is 2. The molecule has 1 aromatic carbocycles. The maximum absolute atomic E-state index is 13.3. The highest BCUT2D eigenvalue weighted by Crippen LogP contribution is 2.36. The van der Waals surface area contributed by atoms with E-state index in [2.05, 4.69) is 15.5 Å². The van der Waals surface area contributed by atoms with Gasteiger partial charge in [-0.1, -0.05) is 32.1 Å². The van der Waals surface area contributed by atoms with Gasteiger partial charge in [-0.3, -0.25) is 9.89 Å². The molecule has 0 spiro atoms. The molecule has 2 N–H and O–H groups in total. The molecule has 0 amide bonds. The van der Waals surface area contributed by atoms with Crippen LogP contribution in [-0.4, -0.2) is 28.1 Å². The Morgan fingerprint density at radius 1 is 1.22 bits per heavy atom. The van der Waals surface area contributed by atoms with Crippen molar-refractivity contribution in [1.29, 1.82) is 0 Å².